The number of nitrogens with zero attached hydrogens (tertiary/aromatic N) is 3. The van der Waals surface area contributed by atoms with E-state index >= 15 is 0 Å². The number of anilines is 2. The summed E-state index contributed by atoms with van der Waals surface area (Å²) in [6.07, 6.45) is 1.05. The SMILES string of the molecule is CCCNc1nc(C)cc(N(C)Cc2ccc(Cl)cc2)n1. The van der Waals surface area contributed by atoms with Crippen LogP contribution in [0.15, 0.2) is 30.3 Å². The summed E-state index contributed by atoms with van der Waals surface area (Å²) in [6, 6.07) is 9.87. The van der Waals surface area contributed by atoms with Gasteiger partial charge in [0.25, 0.3) is 0 Å². The lowest BCUT2D eigenvalue weighted by molar-refractivity contribution is 0.879. The van der Waals surface area contributed by atoms with E-state index < -0.39 is 0 Å². The predicted octanol–water partition coefficient (Wildman–Crippen LogP) is 3.90. The van der Waals surface area contributed by atoms with E-state index in [0.717, 1.165) is 36.0 Å². The number of nitrogens with one attached hydrogen (secondary N) is 1. The zero-order valence-corrected chi connectivity index (χ0v) is 13.5. The minimum Gasteiger partial charge on any atom is -0.355 e. The number of aromatic nitrogens is 2. The molecule has 112 valence electrons. The normalized spacial score (nSPS) is 10.5. The maximum absolute atomic E-state index is 5.91. The van der Waals surface area contributed by atoms with Crippen molar-refractivity contribution >= 4 is 23.4 Å². The Balaban J connectivity index is 2.12. The van der Waals surface area contributed by atoms with Gasteiger partial charge in [-0.1, -0.05) is 30.7 Å². The quantitative estimate of drug-likeness (QED) is 0.879. The molecule has 21 heavy (non-hydrogen) atoms. The van der Waals surface area contributed by atoms with E-state index in [9.17, 15) is 0 Å². The van der Waals surface area contributed by atoms with E-state index in [2.05, 4.69) is 27.1 Å². The van der Waals surface area contributed by atoms with E-state index in [1.165, 1.54) is 5.56 Å². The Kier molecular flexibility index (Phi) is 5.39. The first-order valence-electron chi connectivity index (χ1n) is 7.13. The van der Waals surface area contributed by atoms with Crippen LogP contribution in [0.25, 0.3) is 0 Å². The van der Waals surface area contributed by atoms with Crippen LogP contribution in [0, 0.1) is 6.92 Å². The molecule has 0 aliphatic heterocycles. The molecule has 0 bridgehead atoms. The van der Waals surface area contributed by atoms with E-state index in [1.807, 2.05) is 44.3 Å². The highest BCUT2D eigenvalue weighted by Crippen LogP contribution is 2.17. The van der Waals surface area contributed by atoms with Gasteiger partial charge in [0.2, 0.25) is 5.95 Å². The second kappa shape index (κ2) is 7.27. The van der Waals surface area contributed by atoms with Crippen molar-refractivity contribution in [2.45, 2.75) is 26.8 Å². The molecule has 4 nitrogen and oxygen atoms in total. The van der Waals surface area contributed by atoms with Crippen molar-refractivity contribution in [1.82, 2.24) is 9.97 Å². The molecule has 0 aliphatic rings. The summed E-state index contributed by atoms with van der Waals surface area (Å²) < 4.78 is 0. The Bertz CT molecular complexity index is 583. The zero-order chi connectivity index (χ0) is 15.2. The molecule has 1 aromatic carbocycles. The fourth-order valence-electron chi connectivity index (χ4n) is 2.01. The van der Waals surface area contributed by atoms with E-state index in [4.69, 9.17) is 11.6 Å². The number of halogens is 1. The lowest BCUT2D eigenvalue weighted by Gasteiger charge is -2.19. The first-order chi connectivity index (χ1) is 10.1. The summed E-state index contributed by atoms with van der Waals surface area (Å²) in [5.41, 5.74) is 2.16. The minimum absolute atomic E-state index is 0.690. The molecule has 1 N–H and O–H groups in total. The van der Waals surface area contributed by atoms with Gasteiger partial charge in [-0.25, -0.2) is 4.98 Å². The number of hydrogen-bond donors (Lipinski definition) is 1. The van der Waals surface area contributed by atoms with Gasteiger partial charge in [0, 0.05) is 36.9 Å². The van der Waals surface area contributed by atoms with Gasteiger partial charge in [-0.3, -0.25) is 0 Å². The average Bonchev–Trinajstić information content (AvgIpc) is 2.47. The summed E-state index contributed by atoms with van der Waals surface area (Å²) in [5, 5.41) is 3.99. The first kappa shape index (κ1) is 15.6. The van der Waals surface area contributed by atoms with Crippen LogP contribution < -0.4 is 10.2 Å². The molecule has 1 aromatic heterocycles. The van der Waals surface area contributed by atoms with Crippen LogP contribution >= 0.6 is 11.6 Å². The molecule has 1 heterocycles. The molecule has 0 amide bonds. The van der Waals surface area contributed by atoms with Crippen LogP contribution in [0.2, 0.25) is 5.02 Å². The van der Waals surface area contributed by atoms with Crippen LogP contribution in [0.4, 0.5) is 11.8 Å². The highest BCUT2D eigenvalue weighted by atomic mass is 35.5. The van der Waals surface area contributed by atoms with Crippen molar-refractivity contribution < 1.29 is 0 Å². The van der Waals surface area contributed by atoms with Crippen LogP contribution in [-0.4, -0.2) is 23.6 Å². The van der Waals surface area contributed by atoms with Gasteiger partial charge in [-0.05, 0) is 31.0 Å². The Labute approximate surface area is 131 Å². The molecule has 0 saturated heterocycles. The van der Waals surface area contributed by atoms with Gasteiger partial charge >= 0.3 is 0 Å². The van der Waals surface area contributed by atoms with Gasteiger partial charge in [0.15, 0.2) is 0 Å². The highest BCUT2D eigenvalue weighted by molar-refractivity contribution is 6.30. The van der Waals surface area contributed by atoms with Crippen LogP contribution in [0.5, 0.6) is 0 Å². The van der Waals surface area contributed by atoms with Gasteiger partial charge in [0.05, 0.1) is 0 Å². The molecule has 5 heteroatoms. The summed E-state index contributed by atoms with van der Waals surface area (Å²) in [6.45, 7) is 5.76. The average molecular weight is 305 g/mol. The minimum atomic E-state index is 0.690. The largest absolute Gasteiger partial charge is 0.355 e. The Morgan fingerprint density at radius 2 is 1.90 bits per heavy atom. The van der Waals surface area contributed by atoms with Crippen LogP contribution in [-0.2, 0) is 6.54 Å². The van der Waals surface area contributed by atoms with Crippen molar-refractivity contribution in [3.05, 3.63) is 46.6 Å². The third-order valence-electron chi connectivity index (χ3n) is 3.10. The molecule has 0 saturated carbocycles. The summed E-state index contributed by atoms with van der Waals surface area (Å²) >= 11 is 5.91. The predicted molar refractivity (Wildman–Crippen MR) is 89.1 cm³/mol. The van der Waals surface area contributed by atoms with Crippen molar-refractivity contribution in [1.29, 1.82) is 0 Å². The maximum Gasteiger partial charge on any atom is 0.224 e. The summed E-state index contributed by atoms with van der Waals surface area (Å²) in [4.78, 5) is 11.1. The maximum atomic E-state index is 5.91. The van der Waals surface area contributed by atoms with Crippen molar-refractivity contribution in [3.8, 4) is 0 Å². The van der Waals surface area contributed by atoms with Crippen LogP contribution in [0.1, 0.15) is 24.6 Å². The topological polar surface area (TPSA) is 41.1 Å². The monoisotopic (exact) mass is 304 g/mol. The third-order valence-corrected chi connectivity index (χ3v) is 3.35. The van der Waals surface area contributed by atoms with Crippen molar-refractivity contribution in [3.63, 3.8) is 0 Å². The Morgan fingerprint density at radius 3 is 2.57 bits per heavy atom. The standard InChI is InChI=1S/C16H21ClN4/c1-4-9-18-16-19-12(2)10-15(20-16)21(3)11-13-5-7-14(17)8-6-13/h5-8,10H,4,9,11H2,1-3H3,(H,18,19,20). The van der Waals surface area contributed by atoms with Crippen molar-refractivity contribution in [2.24, 2.45) is 0 Å². The molecular weight excluding hydrogens is 284 g/mol. The molecule has 0 atom stereocenters. The number of aryl methyl sites for hydroxylation is 1. The second-order valence-corrected chi connectivity index (χ2v) is 5.54. The van der Waals surface area contributed by atoms with Crippen LogP contribution in [0.3, 0.4) is 0 Å². The van der Waals surface area contributed by atoms with Gasteiger partial charge < -0.3 is 10.2 Å². The van der Waals surface area contributed by atoms with Gasteiger partial charge in [-0.15, -0.1) is 0 Å². The number of rotatable bonds is 6. The van der Waals surface area contributed by atoms with E-state index in [-0.39, 0.29) is 0 Å². The van der Waals surface area contributed by atoms with Gasteiger partial charge in [0.1, 0.15) is 5.82 Å². The molecule has 0 spiro atoms. The fourth-order valence-corrected chi connectivity index (χ4v) is 2.13. The lowest BCUT2D eigenvalue weighted by Crippen LogP contribution is -2.19. The fraction of sp³-hybridized carbons (Fsp3) is 0.375. The molecular formula is C16H21ClN4. The number of benzene rings is 1. The molecule has 0 radical (unpaired) electrons. The summed E-state index contributed by atoms with van der Waals surface area (Å²) in [7, 11) is 2.03. The lowest BCUT2D eigenvalue weighted by atomic mass is 10.2. The molecule has 0 aliphatic carbocycles. The highest BCUT2D eigenvalue weighted by Gasteiger charge is 2.07. The first-order valence-corrected chi connectivity index (χ1v) is 7.51. The Morgan fingerprint density at radius 1 is 1.19 bits per heavy atom. The summed E-state index contributed by atoms with van der Waals surface area (Å²) in [5.74, 6) is 1.60. The van der Waals surface area contributed by atoms with E-state index in [1.54, 1.807) is 0 Å². The smallest absolute Gasteiger partial charge is 0.224 e. The number of hydrogen-bond acceptors (Lipinski definition) is 4. The molecule has 0 unspecified atom stereocenters. The second-order valence-electron chi connectivity index (χ2n) is 5.10. The third kappa shape index (κ3) is 4.60. The zero-order valence-electron chi connectivity index (χ0n) is 12.7. The molecule has 0 fully saturated rings. The molecule has 2 rings (SSSR count). The van der Waals surface area contributed by atoms with E-state index in [0.29, 0.717) is 5.95 Å². The molecule has 2 aromatic rings. The van der Waals surface area contributed by atoms with Crippen molar-refractivity contribution in [2.75, 3.05) is 23.8 Å². The Hall–Kier alpha value is -1.81. The van der Waals surface area contributed by atoms with Gasteiger partial charge in [-0.2, -0.15) is 4.98 Å².